The van der Waals surface area contributed by atoms with Gasteiger partial charge >= 0.3 is 0 Å². The summed E-state index contributed by atoms with van der Waals surface area (Å²) in [6.07, 6.45) is 0. The van der Waals surface area contributed by atoms with Crippen LogP contribution in [0.2, 0.25) is 4.34 Å². The average Bonchev–Trinajstić information content (AvgIpc) is 2.72. The number of rotatable bonds is 2. The van der Waals surface area contributed by atoms with Crippen molar-refractivity contribution in [1.82, 2.24) is 0 Å². The first-order valence-corrected chi connectivity index (χ1v) is 7.13. The van der Waals surface area contributed by atoms with Crippen LogP contribution in [0.4, 0.5) is 10.7 Å². The molecule has 2 aromatic rings. The molecule has 1 N–H and O–H groups in total. The number of fused-ring (bicyclic) bond motifs is 1. The van der Waals surface area contributed by atoms with E-state index in [2.05, 4.69) is 10.3 Å². The van der Waals surface area contributed by atoms with E-state index in [0.717, 1.165) is 0 Å². The molecule has 0 saturated heterocycles. The first-order valence-electron chi connectivity index (χ1n) is 5.93. The molecule has 8 heteroatoms. The Morgan fingerprint density at radius 2 is 2.19 bits per heavy atom. The van der Waals surface area contributed by atoms with Gasteiger partial charge in [0.25, 0.3) is 5.69 Å². The maximum absolute atomic E-state index is 11.6. The normalized spacial score (nSPS) is 14.0. The lowest BCUT2D eigenvalue weighted by atomic mass is 10.0. The predicted octanol–water partition coefficient (Wildman–Crippen LogP) is 3.10. The number of carbonyl (C=O) groups excluding carboxylic acids is 1. The van der Waals surface area contributed by atoms with Gasteiger partial charge in [-0.15, -0.1) is 11.3 Å². The first kappa shape index (κ1) is 13.7. The quantitative estimate of drug-likeness (QED) is 0.681. The minimum absolute atomic E-state index is 0.0263. The summed E-state index contributed by atoms with van der Waals surface area (Å²) in [6, 6.07) is 7.85. The van der Waals surface area contributed by atoms with Crippen molar-refractivity contribution in [2.45, 2.75) is 0 Å². The zero-order chi connectivity index (χ0) is 15.0. The summed E-state index contributed by atoms with van der Waals surface area (Å²) in [6.45, 7) is -0.0307. The third-order valence-electron chi connectivity index (χ3n) is 2.92. The van der Waals surface area contributed by atoms with Crippen molar-refractivity contribution in [3.8, 4) is 0 Å². The van der Waals surface area contributed by atoms with E-state index in [9.17, 15) is 14.9 Å². The SMILES string of the molecule is O=C1CN=C(c2cccc([N+](=O)[O-])c2)c2cc(Cl)sc2N1. The van der Waals surface area contributed by atoms with E-state index >= 15 is 0 Å². The van der Waals surface area contributed by atoms with Crippen molar-refractivity contribution < 1.29 is 9.72 Å². The van der Waals surface area contributed by atoms with Crippen molar-refractivity contribution in [3.63, 3.8) is 0 Å². The van der Waals surface area contributed by atoms with E-state index < -0.39 is 4.92 Å². The highest BCUT2D eigenvalue weighted by molar-refractivity contribution is 7.20. The molecule has 3 rings (SSSR count). The Morgan fingerprint density at radius 1 is 1.38 bits per heavy atom. The monoisotopic (exact) mass is 321 g/mol. The highest BCUT2D eigenvalue weighted by atomic mass is 35.5. The third kappa shape index (κ3) is 2.65. The van der Waals surface area contributed by atoms with E-state index in [1.54, 1.807) is 18.2 Å². The van der Waals surface area contributed by atoms with E-state index in [0.29, 0.717) is 26.2 Å². The lowest BCUT2D eigenvalue weighted by molar-refractivity contribution is -0.384. The molecule has 1 amide bonds. The van der Waals surface area contributed by atoms with E-state index in [4.69, 9.17) is 11.6 Å². The maximum atomic E-state index is 11.6. The minimum atomic E-state index is -0.467. The van der Waals surface area contributed by atoms with Gasteiger partial charge in [-0.1, -0.05) is 23.7 Å². The van der Waals surface area contributed by atoms with Gasteiger partial charge in [0.2, 0.25) is 5.91 Å². The van der Waals surface area contributed by atoms with E-state index in [1.165, 1.54) is 23.5 Å². The number of carbonyl (C=O) groups is 1. The zero-order valence-corrected chi connectivity index (χ0v) is 12.1. The summed E-state index contributed by atoms with van der Waals surface area (Å²) < 4.78 is 0.514. The smallest absolute Gasteiger partial charge is 0.270 e. The van der Waals surface area contributed by atoms with Gasteiger partial charge in [0, 0.05) is 23.3 Å². The van der Waals surface area contributed by atoms with Gasteiger partial charge in [-0.05, 0) is 6.07 Å². The molecule has 21 heavy (non-hydrogen) atoms. The number of nitro groups is 1. The van der Waals surface area contributed by atoms with Crippen LogP contribution in [-0.2, 0) is 4.79 Å². The van der Waals surface area contributed by atoms with Crippen molar-refractivity contribution >= 4 is 45.2 Å². The van der Waals surface area contributed by atoms with Crippen LogP contribution in [0.3, 0.4) is 0 Å². The molecule has 1 aromatic heterocycles. The van der Waals surface area contributed by atoms with Crippen LogP contribution in [0, 0.1) is 10.1 Å². The Bertz CT molecular complexity index is 785. The number of nitrogens with zero attached hydrogens (tertiary/aromatic N) is 2. The highest BCUT2D eigenvalue weighted by Crippen LogP contribution is 2.35. The number of hydrogen-bond donors (Lipinski definition) is 1. The molecule has 0 aliphatic carbocycles. The third-order valence-corrected chi connectivity index (χ3v) is 4.10. The Hall–Kier alpha value is -2.25. The van der Waals surface area contributed by atoms with Gasteiger partial charge in [-0.3, -0.25) is 19.9 Å². The van der Waals surface area contributed by atoms with E-state index in [1.807, 2.05) is 0 Å². The highest BCUT2D eigenvalue weighted by Gasteiger charge is 2.21. The first-order chi connectivity index (χ1) is 10.0. The second-order valence-electron chi connectivity index (χ2n) is 4.31. The predicted molar refractivity (Wildman–Crippen MR) is 81.6 cm³/mol. The topological polar surface area (TPSA) is 84.6 Å². The summed E-state index contributed by atoms with van der Waals surface area (Å²) in [4.78, 5) is 26.3. The molecule has 1 aromatic carbocycles. The summed E-state index contributed by atoms with van der Waals surface area (Å²) in [7, 11) is 0. The molecule has 0 saturated carbocycles. The molecule has 1 aliphatic rings. The maximum Gasteiger partial charge on any atom is 0.270 e. The fraction of sp³-hybridized carbons (Fsp3) is 0.0769. The standard InChI is InChI=1S/C13H8ClN3O3S/c14-10-5-9-12(15-6-11(18)16-13(9)21-10)7-2-1-3-8(4-7)17(19)20/h1-5H,6H2,(H,16,18). The number of halogens is 1. The van der Waals surface area contributed by atoms with Crippen LogP contribution >= 0.6 is 22.9 Å². The molecule has 0 radical (unpaired) electrons. The molecule has 1 aliphatic heterocycles. The molecule has 0 fully saturated rings. The number of anilines is 1. The fourth-order valence-corrected chi connectivity index (χ4v) is 3.19. The summed E-state index contributed by atoms with van der Waals surface area (Å²) in [5.41, 5.74) is 1.75. The Balaban J connectivity index is 2.15. The second kappa shape index (κ2) is 5.27. The van der Waals surface area contributed by atoms with Gasteiger partial charge in [0.1, 0.15) is 11.5 Å². The summed E-state index contributed by atoms with van der Waals surface area (Å²) in [5.74, 6) is -0.241. The molecular formula is C13H8ClN3O3S. The molecule has 0 spiro atoms. The van der Waals surface area contributed by atoms with Crippen LogP contribution in [0.1, 0.15) is 11.1 Å². The molecule has 106 valence electrons. The minimum Gasteiger partial charge on any atom is -0.315 e. The lowest BCUT2D eigenvalue weighted by Crippen LogP contribution is -2.12. The van der Waals surface area contributed by atoms with Crippen LogP contribution in [0.25, 0.3) is 0 Å². The molecule has 0 unspecified atom stereocenters. The van der Waals surface area contributed by atoms with Gasteiger partial charge in [0.15, 0.2) is 0 Å². The Morgan fingerprint density at radius 3 is 2.95 bits per heavy atom. The number of non-ortho nitro benzene ring substituents is 1. The largest absolute Gasteiger partial charge is 0.315 e. The van der Waals surface area contributed by atoms with Gasteiger partial charge < -0.3 is 5.32 Å². The van der Waals surface area contributed by atoms with E-state index in [-0.39, 0.29) is 18.1 Å². The molecule has 6 nitrogen and oxygen atoms in total. The fourth-order valence-electron chi connectivity index (χ4n) is 2.05. The number of nitrogens with one attached hydrogen (secondary N) is 1. The Labute approximate surface area is 128 Å². The van der Waals surface area contributed by atoms with Crippen molar-refractivity contribution in [2.24, 2.45) is 4.99 Å². The Kier molecular flexibility index (Phi) is 3.44. The van der Waals surface area contributed by atoms with Crippen LogP contribution in [0.15, 0.2) is 35.3 Å². The van der Waals surface area contributed by atoms with Crippen molar-refractivity contribution in [3.05, 3.63) is 55.9 Å². The molecule has 2 heterocycles. The second-order valence-corrected chi connectivity index (χ2v) is 6.00. The zero-order valence-electron chi connectivity index (χ0n) is 10.5. The number of amides is 1. The molecule has 0 bridgehead atoms. The van der Waals surface area contributed by atoms with Gasteiger partial charge in [-0.25, -0.2) is 0 Å². The molecular weight excluding hydrogens is 314 g/mol. The molecule has 0 atom stereocenters. The summed E-state index contributed by atoms with van der Waals surface area (Å²) >= 11 is 7.23. The summed E-state index contributed by atoms with van der Waals surface area (Å²) in [5, 5.41) is 14.2. The van der Waals surface area contributed by atoms with Crippen LogP contribution in [-0.4, -0.2) is 23.1 Å². The number of benzene rings is 1. The average molecular weight is 322 g/mol. The van der Waals surface area contributed by atoms with Crippen LogP contribution in [0.5, 0.6) is 0 Å². The van der Waals surface area contributed by atoms with Crippen molar-refractivity contribution in [1.29, 1.82) is 0 Å². The van der Waals surface area contributed by atoms with Crippen LogP contribution < -0.4 is 5.32 Å². The number of nitro benzene ring substituents is 1. The van der Waals surface area contributed by atoms with Gasteiger partial charge in [-0.2, -0.15) is 0 Å². The number of hydrogen-bond acceptors (Lipinski definition) is 5. The number of thiophene rings is 1. The number of aliphatic imine (C=N–C) groups is 1. The lowest BCUT2D eigenvalue weighted by Gasteiger charge is -2.04. The van der Waals surface area contributed by atoms with Crippen molar-refractivity contribution in [2.75, 3.05) is 11.9 Å². The van der Waals surface area contributed by atoms with Gasteiger partial charge in [0.05, 0.1) is 15.0 Å².